The lowest BCUT2D eigenvalue weighted by Crippen LogP contribution is -2.52. The van der Waals surface area contributed by atoms with Crippen LogP contribution < -0.4 is 0 Å². The minimum atomic E-state index is -0.873. The molecule has 0 bridgehead atoms. The van der Waals surface area contributed by atoms with E-state index >= 15 is 0 Å². The molecule has 17 heavy (non-hydrogen) atoms. The van der Waals surface area contributed by atoms with Crippen LogP contribution in [0.4, 0.5) is 0 Å². The summed E-state index contributed by atoms with van der Waals surface area (Å²) in [6.07, 6.45) is 5.22. The highest BCUT2D eigenvalue weighted by atomic mass is 16.3. The second kappa shape index (κ2) is 3.94. The van der Waals surface area contributed by atoms with Gasteiger partial charge >= 0.3 is 0 Å². The Kier molecular flexibility index (Phi) is 2.97. The number of carbonyl (C=O) groups is 1. The van der Waals surface area contributed by atoms with Crippen LogP contribution in [-0.4, -0.2) is 16.5 Å². The van der Waals surface area contributed by atoms with Gasteiger partial charge in [-0.3, -0.25) is 4.79 Å². The summed E-state index contributed by atoms with van der Waals surface area (Å²) < 4.78 is 0. The fourth-order valence-electron chi connectivity index (χ4n) is 3.52. The average Bonchev–Trinajstić information content (AvgIpc) is 2.18. The maximum atomic E-state index is 11.7. The topological polar surface area (TPSA) is 37.3 Å². The van der Waals surface area contributed by atoms with Gasteiger partial charge in [-0.15, -0.1) is 0 Å². The van der Waals surface area contributed by atoms with E-state index < -0.39 is 5.60 Å². The lowest BCUT2D eigenvalue weighted by molar-refractivity contribution is -0.129. The van der Waals surface area contributed by atoms with Gasteiger partial charge < -0.3 is 5.11 Å². The Morgan fingerprint density at radius 3 is 2.65 bits per heavy atom. The highest BCUT2D eigenvalue weighted by molar-refractivity contribution is 5.92. The summed E-state index contributed by atoms with van der Waals surface area (Å²) in [7, 11) is 0. The summed E-state index contributed by atoms with van der Waals surface area (Å²) in [5.74, 6) is 1.41. The third kappa shape index (κ3) is 1.97. The average molecular weight is 236 g/mol. The van der Waals surface area contributed by atoms with Crippen LogP contribution in [0.2, 0.25) is 0 Å². The van der Waals surface area contributed by atoms with Crippen LogP contribution in [0, 0.1) is 17.3 Å². The zero-order valence-corrected chi connectivity index (χ0v) is 11.4. The molecule has 1 N–H and O–H groups in total. The van der Waals surface area contributed by atoms with Crippen LogP contribution >= 0.6 is 0 Å². The molecule has 0 aromatic carbocycles. The molecule has 0 unspecified atom stereocenters. The van der Waals surface area contributed by atoms with Crippen LogP contribution in [0.15, 0.2) is 11.6 Å². The molecule has 1 saturated carbocycles. The second-order valence-corrected chi connectivity index (χ2v) is 6.67. The van der Waals surface area contributed by atoms with E-state index in [0.717, 1.165) is 19.3 Å². The van der Waals surface area contributed by atoms with Gasteiger partial charge in [-0.2, -0.15) is 0 Å². The third-order valence-electron chi connectivity index (χ3n) is 5.15. The number of hydrogen-bond donors (Lipinski definition) is 1. The van der Waals surface area contributed by atoms with Gasteiger partial charge in [0.25, 0.3) is 0 Å². The largest absolute Gasteiger partial charge is 0.389 e. The minimum Gasteiger partial charge on any atom is -0.389 e. The lowest BCUT2D eigenvalue weighted by atomic mass is 9.55. The summed E-state index contributed by atoms with van der Waals surface area (Å²) >= 11 is 0. The van der Waals surface area contributed by atoms with Crippen molar-refractivity contribution in [1.82, 2.24) is 0 Å². The third-order valence-corrected chi connectivity index (χ3v) is 5.15. The van der Waals surface area contributed by atoms with Crippen LogP contribution in [0.3, 0.4) is 0 Å². The molecule has 2 heteroatoms. The van der Waals surface area contributed by atoms with Crippen molar-refractivity contribution in [3.63, 3.8) is 0 Å². The quantitative estimate of drug-likeness (QED) is 0.759. The fraction of sp³-hybridized carbons (Fsp3) is 0.800. The van der Waals surface area contributed by atoms with Crippen molar-refractivity contribution >= 4 is 5.78 Å². The Morgan fingerprint density at radius 1 is 1.41 bits per heavy atom. The van der Waals surface area contributed by atoms with E-state index in [1.165, 1.54) is 5.57 Å². The highest BCUT2D eigenvalue weighted by Crippen LogP contribution is 2.54. The molecule has 2 rings (SSSR count). The van der Waals surface area contributed by atoms with E-state index in [9.17, 15) is 9.90 Å². The van der Waals surface area contributed by atoms with Crippen LogP contribution in [0.25, 0.3) is 0 Å². The van der Waals surface area contributed by atoms with E-state index in [-0.39, 0.29) is 17.6 Å². The number of aliphatic hydroxyl groups is 1. The first-order chi connectivity index (χ1) is 7.76. The molecule has 0 radical (unpaired) electrons. The first kappa shape index (κ1) is 12.8. The Balaban J connectivity index is 2.36. The number of rotatable bonds is 1. The number of carbonyl (C=O) groups excluding carboxylic acids is 1. The predicted molar refractivity (Wildman–Crippen MR) is 68.6 cm³/mol. The van der Waals surface area contributed by atoms with Gasteiger partial charge in [-0.1, -0.05) is 26.3 Å². The smallest absolute Gasteiger partial charge is 0.158 e. The lowest BCUT2D eigenvalue weighted by Gasteiger charge is -2.52. The maximum Gasteiger partial charge on any atom is 0.158 e. The van der Waals surface area contributed by atoms with Crippen molar-refractivity contribution < 1.29 is 9.90 Å². The van der Waals surface area contributed by atoms with Crippen LogP contribution in [0.1, 0.15) is 53.4 Å². The van der Waals surface area contributed by atoms with Gasteiger partial charge in [-0.25, -0.2) is 0 Å². The number of fused-ring (bicyclic) bond motifs is 1. The monoisotopic (exact) mass is 236 g/mol. The van der Waals surface area contributed by atoms with Crippen molar-refractivity contribution in [1.29, 1.82) is 0 Å². The van der Waals surface area contributed by atoms with Gasteiger partial charge in [0.05, 0.1) is 5.60 Å². The molecule has 3 atom stereocenters. The molecule has 0 spiro atoms. The predicted octanol–water partition coefficient (Wildman–Crippen LogP) is 3.10. The molecular formula is C15H24O2. The minimum absolute atomic E-state index is 0.0884. The molecule has 0 aromatic rings. The number of allylic oxidation sites excluding steroid dienone is 1. The molecule has 2 nitrogen and oxygen atoms in total. The standard InChI is InChI=1S/C15H24O2/c1-10(2)11-5-6-12-7-13(16)9-15(4,17)14(12,3)8-11/h7,10-11,17H,5-6,8-9H2,1-4H3/t11-,14-,15+/m1/s1. The van der Waals surface area contributed by atoms with Gasteiger partial charge in [0.2, 0.25) is 0 Å². The van der Waals surface area contributed by atoms with E-state index in [4.69, 9.17) is 0 Å². The Hall–Kier alpha value is -0.630. The van der Waals surface area contributed by atoms with Crippen molar-refractivity contribution in [2.75, 3.05) is 0 Å². The summed E-state index contributed by atoms with van der Waals surface area (Å²) in [4.78, 5) is 11.7. The first-order valence-electron chi connectivity index (χ1n) is 6.72. The summed E-state index contributed by atoms with van der Waals surface area (Å²) in [5, 5.41) is 10.6. The van der Waals surface area contributed by atoms with E-state index in [0.29, 0.717) is 11.8 Å². The van der Waals surface area contributed by atoms with Gasteiger partial charge in [0, 0.05) is 11.8 Å². The van der Waals surface area contributed by atoms with Crippen LogP contribution in [-0.2, 0) is 4.79 Å². The van der Waals surface area contributed by atoms with Crippen molar-refractivity contribution in [2.45, 2.75) is 59.0 Å². The molecule has 0 saturated heterocycles. The highest BCUT2D eigenvalue weighted by Gasteiger charge is 2.52. The van der Waals surface area contributed by atoms with E-state index in [2.05, 4.69) is 20.8 Å². The SMILES string of the molecule is CC(C)[C@@H]1CCC2=CC(=O)C[C@](C)(O)[C@]2(C)C1. The van der Waals surface area contributed by atoms with E-state index in [1.54, 1.807) is 6.08 Å². The Morgan fingerprint density at radius 2 is 2.06 bits per heavy atom. The molecule has 96 valence electrons. The molecular weight excluding hydrogens is 212 g/mol. The summed E-state index contributed by atoms with van der Waals surface area (Å²) in [6.45, 7) is 8.48. The fourth-order valence-corrected chi connectivity index (χ4v) is 3.52. The Labute approximate surface area is 104 Å². The zero-order valence-electron chi connectivity index (χ0n) is 11.4. The van der Waals surface area contributed by atoms with Crippen molar-refractivity contribution in [3.8, 4) is 0 Å². The van der Waals surface area contributed by atoms with Gasteiger partial charge in [0.1, 0.15) is 0 Å². The summed E-state index contributed by atoms with van der Waals surface area (Å²) in [6, 6.07) is 0. The Bertz CT molecular complexity index is 365. The van der Waals surface area contributed by atoms with Crippen molar-refractivity contribution in [2.24, 2.45) is 17.3 Å². The number of ketones is 1. The zero-order chi connectivity index (χ0) is 12.8. The van der Waals surface area contributed by atoms with E-state index in [1.807, 2.05) is 6.92 Å². The molecule has 0 heterocycles. The molecule has 2 aliphatic carbocycles. The molecule has 1 fully saturated rings. The molecule has 2 aliphatic rings. The first-order valence-corrected chi connectivity index (χ1v) is 6.72. The number of hydrogen-bond acceptors (Lipinski definition) is 2. The van der Waals surface area contributed by atoms with Crippen LogP contribution in [0.5, 0.6) is 0 Å². The molecule has 0 aliphatic heterocycles. The second-order valence-electron chi connectivity index (χ2n) is 6.67. The van der Waals surface area contributed by atoms with Crippen molar-refractivity contribution in [3.05, 3.63) is 11.6 Å². The summed E-state index contributed by atoms with van der Waals surface area (Å²) in [5.41, 5.74) is 0.103. The normalized spacial score (nSPS) is 42.4. The van der Waals surface area contributed by atoms with Gasteiger partial charge in [-0.05, 0) is 44.1 Å². The molecule has 0 amide bonds. The maximum absolute atomic E-state index is 11.7. The molecule has 0 aromatic heterocycles. The van der Waals surface area contributed by atoms with Gasteiger partial charge in [0.15, 0.2) is 5.78 Å².